The Bertz CT molecular complexity index is 3020. The third-order valence-electron chi connectivity index (χ3n) is 11.8. The first-order valence-corrected chi connectivity index (χ1v) is 17.5. The molecule has 230 valence electrons. The summed E-state index contributed by atoms with van der Waals surface area (Å²) >= 11 is 0. The van der Waals surface area contributed by atoms with Crippen molar-refractivity contribution in [2.45, 2.75) is 5.41 Å². The second kappa shape index (κ2) is 9.37. The number of hydrogen-bond donors (Lipinski definition) is 0. The van der Waals surface area contributed by atoms with Crippen molar-refractivity contribution in [3.05, 3.63) is 198 Å². The standard InChI is InChI=1S/C49H29N/c1-2-14-34-32(12-1)33-13-3-4-15-35(33)41-28-30(24-26-36(34)41)31-25-27-44-47(29-31)50-46-23-10-7-18-39(46)40-19-11-22-45(48(40)50)49(44)42-20-8-5-16-37(42)38-17-6-9-21-43(38)49/h1-29H. The SMILES string of the molecule is c1ccc2c(c1)-c1ccccc1C21c2ccc(-c3ccc4c5ccccc5c5ccccc5c4c3)cc2-n2c3ccccc3c3cccc1c32. The van der Waals surface area contributed by atoms with Gasteiger partial charge in [-0.1, -0.05) is 158 Å². The van der Waals surface area contributed by atoms with Gasteiger partial charge in [-0.2, -0.15) is 0 Å². The van der Waals surface area contributed by atoms with Gasteiger partial charge >= 0.3 is 0 Å². The lowest BCUT2D eigenvalue weighted by Gasteiger charge is -2.39. The zero-order valence-corrected chi connectivity index (χ0v) is 27.2. The minimum absolute atomic E-state index is 0.427. The van der Waals surface area contributed by atoms with Crippen LogP contribution in [-0.4, -0.2) is 4.57 Å². The first-order chi connectivity index (χ1) is 24.8. The van der Waals surface area contributed by atoms with Crippen LogP contribution >= 0.6 is 0 Å². The van der Waals surface area contributed by atoms with Crippen molar-refractivity contribution in [3.63, 3.8) is 0 Å². The number of fused-ring (bicyclic) bond motifs is 18. The lowest BCUT2D eigenvalue weighted by Crippen LogP contribution is -2.33. The predicted molar refractivity (Wildman–Crippen MR) is 210 cm³/mol. The Labute approximate surface area is 289 Å². The summed E-state index contributed by atoms with van der Waals surface area (Å²) in [6, 6.07) is 66.1. The third-order valence-corrected chi connectivity index (χ3v) is 11.8. The Balaban J connectivity index is 1.21. The van der Waals surface area contributed by atoms with E-state index in [1.807, 2.05) is 0 Å². The van der Waals surface area contributed by atoms with Gasteiger partial charge in [-0.25, -0.2) is 0 Å². The minimum Gasteiger partial charge on any atom is -0.309 e. The molecule has 1 heteroatoms. The summed E-state index contributed by atoms with van der Waals surface area (Å²) in [5.41, 5.74) is 13.9. The van der Waals surface area contributed by atoms with Gasteiger partial charge in [-0.15, -0.1) is 0 Å². The van der Waals surface area contributed by atoms with Gasteiger partial charge < -0.3 is 4.57 Å². The average molecular weight is 632 g/mol. The maximum Gasteiger partial charge on any atom is 0.0754 e. The maximum atomic E-state index is 2.55. The highest BCUT2D eigenvalue weighted by Gasteiger charge is 2.50. The van der Waals surface area contributed by atoms with Crippen molar-refractivity contribution >= 4 is 54.1 Å². The van der Waals surface area contributed by atoms with Gasteiger partial charge in [0.25, 0.3) is 0 Å². The average Bonchev–Trinajstić information content (AvgIpc) is 3.68. The van der Waals surface area contributed by atoms with E-state index >= 15 is 0 Å². The van der Waals surface area contributed by atoms with Crippen molar-refractivity contribution in [2.24, 2.45) is 0 Å². The molecule has 2 heterocycles. The van der Waals surface area contributed by atoms with E-state index in [1.54, 1.807) is 0 Å². The summed E-state index contributed by atoms with van der Waals surface area (Å²) in [4.78, 5) is 0. The van der Waals surface area contributed by atoms with Crippen molar-refractivity contribution in [1.29, 1.82) is 0 Å². The second-order valence-electron chi connectivity index (χ2n) is 14.0. The summed E-state index contributed by atoms with van der Waals surface area (Å²) in [7, 11) is 0. The van der Waals surface area contributed by atoms with Crippen LogP contribution in [0.4, 0.5) is 0 Å². The van der Waals surface area contributed by atoms with Crippen LogP contribution in [0.2, 0.25) is 0 Å². The van der Waals surface area contributed by atoms with E-state index in [2.05, 4.69) is 180 Å². The molecule has 1 aliphatic heterocycles. The van der Waals surface area contributed by atoms with Crippen LogP contribution in [0, 0.1) is 0 Å². The topological polar surface area (TPSA) is 4.93 Å². The van der Waals surface area contributed by atoms with Crippen molar-refractivity contribution < 1.29 is 0 Å². The van der Waals surface area contributed by atoms with Crippen LogP contribution in [0.5, 0.6) is 0 Å². The fourth-order valence-electron chi connectivity index (χ4n) is 9.83. The number of rotatable bonds is 1. The molecule has 0 N–H and O–H groups in total. The van der Waals surface area contributed by atoms with E-state index in [0.29, 0.717) is 0 Å². The van der Waals surface area contributed by atoms with Crippen molar-refractivity contribution in [3.8, 4) is 27.9 Å². The third kappa shape index (κ3) is 3.10. The van der Waals surface area contributed by atoms with Crippen LogP contribution in [0.3, 0.4) is 0 Å². The Hall–Kier alpha value is -6.44. The molecule has 0 unspecified atom stereocenters. The largest absolute Gasteiger partial charge is 0.309 e. The molecule has 0 saturated heterocycles. The molecule has 1 nitrogen and oxygen atoms in total. The van der Waals surface area contributed by atoms with Crippen molar-refractivity contribution in [1.82, 2.24) is 4.57 Å². The van der Waals surface area contributed by atoms with Gasteiger partial charge in [0.2, 0.25) is 0 Å². The molecule has 0 fully saturated rings. The molecular weight excluding hydrogens is 603 g/mol. The molecule has 0 radical (unpaired) electrons. The Morgan fingerprint density at radius 3 is 1.52 bits per heavy atom. The highest BCUT2D eigenvalue weighted by atomic mass is 15.0. The summed E-state index contributed by atoms with van der Waals surface area (Å²) in [6.07, 6.45) is 0. The number of hydrogen-bond acceptors (Lipinski definition) is 0. The van der Waals surface area contributed by atoms with Crippen LogP contribution < -0.4 is 0 Å². The van der Waals surface area contributed by atoms with Crippen LogP contribution in [0.1, 0.15) is 22.3 Å². The zero-order valence-electron chi connectivity index (χ0n) is 27.2. The quantitative estimate of drug-likeness (QED) is 0.159. The van der Waals surface area contributed by atoms with Crippen molar-refractivity contribution in [2.75, 3.05) is 0 Å². The summed E-state index contributed by atoms with van der Waals surface area (Å²) < 4.78 is 2.55. The van der Waals surface area contributed by atoms with E-state index < -0.39 is 5.41 Å². The molecule has 9 aromatic carbocycles. The van der Waals surface area contributed by atoms with Gasteiger partial charge in [-0.3, -0.25) is 0 Å². The van der Waals surface area contributed by atoms with Crippen LogP contribution in [0.15, 0.2) is 176 Å². The molecule has 12 rings (SSSR count). The molecular formula is C49H29N. The fourth-order valence-corrected chi connectivity index (χ4v) is 9.83. The van der Waals surface area contributed by atoms with Crippen LogP contribution in [-0.2, 0) is 5.41 Å². The number of para-hydroxylation sites is 2. The fraction of sp³-hybridized carbons (Fsp3) is 0.0204. The maximum absolute atomic E-state index is 2.55. The lowest BCUT2D eigenvalue weighted by molar-refractivity contribution is 0.748. The molecule has 50 heavy (non-hydrogen) atoms. The van der Waals surface area contributed by atoms with E-state index in [-0.39, 0.29) is 0 Å². The van der Waals surface area contributed by atoms with E-state index in [1.165, 1.54) is 104 Å². The molecule has 0 saturated carbocycles. The lowest BCUT2D eigenvalue weighted by atomic mass is 9.65. The Morgan fingerprint density at radius 1 is 0.320 bits per heavy atom. The molecule has 0 bridgehead atoms. The number of aromatic nitrogens is 1. The molecule has 0 amide bonds. The molecule has 2 aliphatic rings. The Kier molecular flexibility index (Phi) is 4.97. The minimum atomic E-state index is -0.427. The van der Waals surface area contributed by atoms with Crippen LogP contribution in [0.25, 0.3) is 82.1 Å². The first kappa shape index (κ1) is 26.5. The molecule has 10 aromatic rings. The molecule has 0 atom stereocenters. The highest BCUT2D eigenvalue weighted by molar-refractivity contribution is 6.25. The monoisotopic (exact) mass is 631 g/mol. The van der Waals surface area contributed by atoms with Gasteiger partial charge in [0.15, 0.2) is 0 Å². The van der Waals surface area contributed by atoms with E-state index in [4.69, 9.17) is 0 Å². The highest BCUT2D eigenvalue weighted by Crippen LogP contribution is 2.61. The Morgan fingerprint density at radius 2 is 0.820 bits per heavy atom. The van der Waals surface area contributed by atoms with Gasteiger partial charge in [0, 0.05) is 10.8 Å². The summed E-state index contributed by atoms with van der Waals surface area (Å²) in [6.45, 7) is 0. The van der Waals surface area contributed by atoms with Gasteiger partial charge in [0.05, 0.1) is 22.1 Å². The smallest absolute Gasteiger partial charge is 0.0754 e. The normalized spacial score (nSPS) is 13.8. The second-order valence-corrected chi connectivity index (χ2v) is 14.0. The summed E-state index contributed by atoms with van der Waals surface area (Å²) in [5, 5.41) is 10.4. The number of nitrogens with zero attached hydrogens (tertiary/aromatic N) is 1. The first-order valence-electron chi connectivity index (χ1n) is 17.5. The number of benzene rings is 9. The molecule has 1 spiro atoms. The molecule has 1 aromatic heterocycles. The van der Waals surface area contributed by atoms with Gasteiger partial charge in [0.1, 0.15) is 0 Å². The summed E-state index contributed by atoms with van der Waals surface area (Å²) in [5.74, 6) is 0. The molecule has 1 aliphatic carbocycles. The van der Waals surface area contributed by atoms with Gasteiger partial charge in [-0.05, 0) is 95.0 Å². The van der Waals surface area contributed by atoms with E-state index in [9.17, 15) is 0 Å². The predicted octanol–water partition coefficient (Wildman–Crippen LogP) is 12.6. The zero-order chi connectivity index (χ0) is 32.6. The van der Waals surface area contributed by atoms with E-state index in [0.717, 1.165) is 0 Å².